The Bertz CT molecular complexity index is 1560. The van der Waals surface area contributed by atoms with E-state index >= 15 is 0 Å². The molecular formula is C31H29N3O3S. The van der Waals surface area contributed by atoms with Crippen LogP contribution in [-0.4, -0.2) is 24.6 Å². The van der Waals surface area contributed by atoms with Crippen LogP contribution in [0.3, 0.4) is 0 Å². The van der Waals surface area contributed by atoms with Crippen LogP contribution in [0.15, 0.2) is 84.9 Å². The summed E-state index contributed by atoms with van der Waals surface area (Å²) < 4.78 is 12.4. The lowest BCUT2D eigenvalue weighted by molar-refractivity contribution is -0.118. The molecule has 0 aliphatic carbocycles. The molecule has 38 heavy (non-hydrogen) atoms. The number of fused-ring (bicyclic) bond motifs is 1. The molecule has 0 aliphatic rings. The van der Waals surface area contributed by atoms with Crippen molar-refractivity contribution in [1.29, 1.82) is 0 Å². The first-order valence-corrected chi connectivity index (χ1v) is 13.2. The molecule has 5 aromatic rings. The van der Waals surface area contributed by atoms with Gasteiger partial charge in [0.2, 0.25) is 0 Å². The van der Waals surface area contributed by atoms with Crippen molar-refractivity contribution in [2.24, 2.45) is 0 Å². The molecule has 5 rings (SSSR count). The second-order valence-electron chi connectivity index (χ2n) is 9.11. The molecule has 2 N–H and O–H groups in total. The zero-order valence-electron chi connectivity index (χ0n) is 21.6. The number of ether oxygens (including phenoxy) is 2. The Labute approximate surface area is 226 Å². The fourth-order valence-electron chi connectivity index (χ4n) is 4.01. The largest absolute Gasteiger partial charge is 0.493 e. The van der Waals surface area contributed by atoms with Gasteiger partial charge in [0.1, 0.15) is 5.01 Å². The van der Waals surface area contributed by atoms with Gasteiger partial charge in [0, 0.05) is 23.5 Å². The van der Waals surface area contributed by atoms with Gasteiger partial charge in [-0.05, 0) is 85.6 Å². The molecule has 0 saturated carbocycles. The lowest BCUT2D eigenvalue weighted by atomic mass is 10.1. The van der Waals surface area contributed by atoms with Crippen LogP contribution >= 0.6 is 11.3 Å². The molecule has 7 heteroatoms. The van der Waals surface area contributed by atoms with E-state index in [1.165, 1.54) is 10.3 Å². The van der Waals surface area contributed by atoms with E-state index in [9.17, 15) is 4.79 Å². The summed E-state index contributed by atoms with van der Waals surface area (Å²) in [5.74, 6) is 0.866. The third-order valence-electron chi connectivity index (χ3n) is 6.09. The van der Waals surface area contributed by atoms with Crippen molar-refractivity contribution in [3.05, 3.63) is 102 Å². The van der Waals surface area contributed by atoms with E-state index in [2.05, 4.69) is 60.0 Å². The molecule has 0 aliphatic heterocycles. The van der Waals surface area contributed by atoms with Gasteiger partial charge in [-0.15, -0.1) is 11.3 Å². The number of carbonyl (C=O) groups excluding carboxylic acids is 1. The molecule has 0 radical (unpaired) electrons. The maximum atomic E-state index is 12.3. The Balaban J connectivity index is 1.17. The quantitative estimate of drug-likeness (QED) is 0.213. The minimum atomic E-state index is -0.231. The number of nitrogens with one attached hydrogen (secondary N) is 2. The number of nitrogens with zero attached hydrogens (tertiary/aromatic N) is 1. The number of aryl methyl sites for hydroxylation is 2. The molecule has 1 aromatic heterocycles. The number of thiazole rings is 1. The summed E-state index contributed by atoms with van der Waals surface area (Å²) in [6.45, 7) is 4.61. The van der Waals surface area contributed by atoms with Gasteiger partial charge in [-0.25, -0.2) is 4.98 Å². The summed E-state index contributed by atoms with van der Waals surface area (Å²) in [6, 6.07) is 28.0. The zero-order chi connectivity index (χ0) is 26.5. The van der Waals surface area contributed by atoms with E-state index in [1.54, 1.807) is 18.4 Å². The fraction of sp³-hybridized carbons (Fsp3) is 0.161. The number of aromatic nitrogens is 1. The average molecular weight is 524 g/mol. The molecule has 0 atom stereocenters. The lowest BCUT2D eigenvalue weighted by Crippen LogP contribution is -2.20. The Morgan fingerprint density at radius 2 is 1.58 bits per heavy atom. The van der Waals surface area contributed by atoms with E-state index in [1.807, 2.05) is 49.4 Å². The standard InChI is InChI=1S/C31H29N3O3S/c1-20-4-10-25(11-5-20)33-30(35)19-37-27-15-7-22(17-28(27)36-3)18-32-24-12-8-23(9-13-24)31-34-26-14-6-21(2)16-29(26)38-31/h4-17,32H,18-19H2,1-3H3,(H,33,35). The Kier molecular flexibility index (Phi) is 7.56. The average Bonchev–Trinajstić information content (AvgIpc) is 3.35. The number of benzene rings is 4. The smallest absolute Gasteiger partial charge is 0.262 e. The SMILES string of the molecule is COc1cc(CNc2ccc(-c3nc4ccc(C)cc4s3)cc2)ccc1OCC(=O)Nc1ccc(C)cc1. The summed E-state index contributed by atoms with van der Waals surface area (Å²) in [6.07, 6.45) is 0. The first-order chi connectivity index (χ1) is 18.5. The van der Waals surface area contributed by atoms with Crippen LogP contribution < -0.4 is 20.1 Å². The van der Waals surface area contributed by atoms with E-state index in [0.29, 0.717) is 18.0 Å². The van der Waals surface area contributed by atoms with Crippen molar-refractivity contribution in [3.8, 4) is 22.1 Å². The molecule has 192 valence electrons. The highest BCUT2D eigenvalue weighted by atomic mass is 32.1. The van der Waals surface area contributed by atoms with Gasteiger partial charge < -0.3 is 20.1 Å². The molecule has 0 fully saturated rings. The summed E-state index contributed by atoms with van der Waals surface area (Å²) in [5, 5.41) is 7.30. The van der Waals surface area contributed by atoms with Crippen LogP contribution in [0, 0.1) is 13.8 Å². The van der Waals surface area contributed by atoms with E-state index in [-0.39, 0.29) is 12.5 Å². The Hall–Kier alpha value is -4.36. The van der Waals surface area contributed by atoms with Crippen LogP contribution in [0.2, 0.25) is 0 Å². The van der Waals surface area contributed by atoms with Gasteiger partial charge in [-0.3, -0.25) is 4.79 Å². The first-order valence-electron chi connectivity index (χ1n) is 12.3. The normalized spacial score (nSPS) is 10.8. The highest BCUT2D eigenvalue weighted by Crippen LogP contribution is 2.32. The van der Waals surface area contributed by atoms with Crippen LogP contribution in [0.5, 0.6) is 11.5 Å². The van der Waals surface area contributed by atoms with Crippen molar-refractivity contribution >= 4 is 38.8 Å². The summed E-state index contributed by atoms with van der Waals surface area (Å²) >= 11 is 1.71. The molecule has 1 amide bonds. The number of anilines is 2. The summed E-state index contributed by atoms with van der Waals surface area (Å²) in [5.41, 5.74) is 7.29. The predicted molar refractivity (Wildman–Crippen MR) is 155 cm³/mol. The predicted octanol–water partition coefficient (Wildman–Crippen LogP) is 7.22. The monoisotopic (exact) mass is 523 g/mol. The van der Waals surface area contributed by atoms with Crippen LogP contribution in [-0.2, 0) is 11.3 Å². The van der Waals surface area contributed by atoms with Crippen LogP contribution in [0.4, 0.5) is 11.4 Å². The molecule has 0 spiro atoms. The minimum absolute atomic E-state index is 0.109. The van der Waals surface area contributed by atoms with Crippen molar-refractivity contribution in [2.75, 3.05) is 24.4 Å². The van der Waals surface area contributed by atoms with Crippen molar-refractivity contribution in [1.82, 2.24) is 4.98 Å². The van der Waals surface area contributed by atoms with Crippen molar-refractivity contribution in [3.63, 3.8) is 0 Å². The third kappa shape index (κ3) is 6.12. The van der Waals surface area contributed by atoms with E-state index in [0.717, 1.165) is 38.6 Å². The molecule has 6 nitrogen and oxygen atoms in total. The summed E-state index contributed by atoms with van der Waals surface area (Å²) in [7, 11) is 1.59. The van der Waals surface area contributed by atoms with Gasteiger partial charge in [0.25, 0.3) is 5.91 Å². The van der Waals surface area contributed by atoms with E-state index < -0.39 is 0 Å². The number of carbonyl (C=O) groups is 1. The maximum absolute atomic E-state index is 12.3. The molecule has 0 bridgehead atoms. The van der Waals surface area contributed by atoms with Crippen LogP contribution in [0.1, 0.15) is 16.7 Å². The van der Waals surface area contributed by atoms with Crippen molar-refractivity contribution < 1.29 is 14.3 Å². The number of methoxy groups -OCH3 is 1. The second kappa shape index (κ2) is 11.4. The van der Waals surface area contributed by atoms with Gasteiger partial charge in [-0.2, -0.15) is 0 Å². The Morgan fingerprint density at radius 1 is 0.842 bits per heavy atom. The Morgan fingerprint density at radius 3 is 2.34 bits per heavy atom. The minimum Gasteiger partial charge on any atom is -0.493 e. The van der Waals surface area contributed by atoms with Crippen molar-refractivity contribution in [2.45, 2.75) is 20.4 Å². The molecule has 1 heterocycles. The zero-order valence-corrected chi connectivity index (χ0v) is 22.4. The van der Waals surface area contributed by atoms with Gasteiger partial charge in [-0.1, -0.05) is 29.8 Å². The fourth-order valence-corrected chi connectivity index (χ4v) is 5.08. The number of hydrogen-bond acceptors (Lipinski definition) is 6. The third-order valence-corrected chi connectivity index (χ3v) is 7.16. The summed E-state index contributed by atoms with van der Waals surface area (Å²) in [4.78, 5) is 17.1. The lowest BCUT2D eigenvalue weighted by Gasteiger charge is -2.13. The number of rotatable bonds is 9. The molecule has 0 saturated heterocycles. The van der Waals surface area contributed by atoms with Gasteiger partial charge in [0.05, 0.1) is 17.3 Å². The molecule has 0 unspecified atom stereocenters. The highest BCUT2D eigenvalue weighted by molar-refractivity contribution is 7.21. The maximum Gasteiger partial charge on any atom is 0.262 e. The number of hydrogen-bond donors (Lipinski definition) is 2. The molecular weight excluding hydrogens is 494 g/mol. The first kappa shape index (κ1) is 25.3. The van der Waals surface area contributed by atoms with Gasteiger partial charge >= 0.3 is 0 Å². The van der Waals surface area contributed by atoms with Crippen LogP contribution in [0.25, 0.3) is 20.8 Å². The highest BCUT2D eigenvalue weighted by Gasteiger charge is 2.10. The second-order valence-corrected chi connectivity index (χ2v) is 10.1. The number of amides is 1. The topological polar surface area (TPSA) is 72.5 Å². The van der Waals surface area contributed by atoms with Gasteiger partial charge in [0.15, 0.2) is 18.1 Å². The van der Waals surface area contributed by atoms with E-state index in [4.69, 9.17) is 14.5 Å². The molecule has 4 aromatic carbocycles.